The third-order valence-corrected chi connectivity index (χ3v) is 5.40. The minimum atomic E-state index is -0.0480. The van der Waals surface area contributed by atoms with Gasteiger partial charge in [0.25, 0.3) is 0 Å². The second kappa shape index (κ2) is 6.77. The van der Waals surface area contributed by atoms with Crippen LogP contribution in [0.2, 0.25) is 0 Å². The normalized spacial score (nSPS) is 27.0. The van der Waals surface area contributed by atoms with Crippen molar-refractivity contribution in [1.82, 2.24) is 14.9 Å². The van der Waals surface area contributed by atoms with Crippen molar-refractivity contribution >= 4 is 5.95 Å². The van der Waals surface area contributed by atoms with Crippen LogP contribution in [0.15, 0.2) is 35.0 Å². The zero-order valence-electron chi connectivity index (χ0n) is 15.0. The lowest BCUT2D eigenvalue weighted by atomic mass is 9.88. The summed E-state index contributed by atoms with van der Waals surface area (Å²) >= 11 is 0. The number of furan rings is 1. The maximum atomic E-state index is 6.34. The molecule has 2 aromatic heterocycles. The minimum Gasteiger partial charge on any atom is -0.465 e. The molecule has 0 radical (unpaired) electrons. The molecule has 0 unspecified atom stereocenters. The van der Waals surface area contributed by atoms with Crippen LogP contribution < -0.4 is 4.90 Å². The van der Waals surface area contributed by atoms with Crippen LogP contribution in [0.4, 0.5) is 5.95 Å². The lowest BCUT2D eigenvalue weighted by Crippen LogP contribution is -2.48. The van der Waals surface area contributed by atoms with E-state index in [1.165, 1.54) is 0 Å². The summed E-state index contributed by atoms with van der Waals surface area (Å²) in [5.74, 6) is 2.79. The average molecular weight is 342 g/mol. The standard InChI is InChI=1S/C19H26N4O2/c1-15-5-6-17(25-15)12-23-10-3-7-19(14-23)11-16(13-24-19)22(2)18-20-8-4-9-21-18/h4-6,8-9,16H,3,7,10-14H2,1-2H3/t16-,19+/m0/s1. The number of anilines is 1. The van der Waals surface area contributed by atoms with Crippen LogP contribution in [0.3, 0.4) is 0 Å². The lowest BCUT2D eigenvalue weighted by Gasteiger charge is -2.39. The summed E-state index contributed by atoms with van der Waals surface area (Å²) in [6.07, 6.45) is 6.89. The van der Waals surface area contributed by atoms with E-state index in [4.69, 9.17) is 9.15 Å². The second-order valence-electron chi connectivity index (χ2n) is 7.34. The highest BCUT2D eigenvalue weighted by molar-refractivity contribution is 5.30. The molecule has 6 heteroatoms. The molecule has 4 heterocycles. The Kier molecular flexibility index (Phi) is 4.48. The largest absolute Gasteiger partial charge is 0.465 e. The van der Waals surface area contributed by atoms with Crippen molar-refractivity contribution in [2.75, 3.05) is 31.6 Å². The van der Waals surface area contributed by atoms with E-state index in [1.807, 2.05) is 19.1 Å². The van der Waals surface area contributed by atoms with Gasteiger partial charge in [0, 0.05) is 32.4 Å². The van der Waals surface area contributed by atoms with Gasteiger partial charge in [0.1, 0.15) is 11.5 Å². The molecule has 2 atom stereocenters. The van der Waals surface area contributed by atoms with Crippen LogP contribution >= 0.6 is 0 Å². The Bertz CT molecular complexity index is 704. The zero-order valence-corrected chi connectivity index (χ0v) is 15.0. The summed E-state index contributed by atoms with van der Waals surface area (Å²) in [4.78, 5) is 13.4. The Labute approximate surface area is 148 Å². The van der Waals surface area contributed by atoms with E-state index in [0.29, 0.717) is 6.04 Å². The fourth-order valence-corrected chi connectivity index (χ4v) is 4.11. The van der Waals surface area contributed by atoms with E-state index in [1.54, 1.807) is 12.4 Å². The highest BCUT2D eigenvalue weighted by atomic mass is 16.5. The Morgan fingerprint density at radius 1 is 1.32 bits per heavy atom. The van der Waals surface area contributed by atoms with Crippen molar-refractivity contribution in [3.63, 3.8) is 0 Å². The van der Waals surface area contributed by atoms with E-state index in [0.717, 1.165) is 63.0 Å². The van der Waals surface area contributed by atoms with Gasteiger partial charge < -0.3 is 14.1 Å². The van der Waals surface area contributed by atoms with Crippen molar-refractivity contribution in [3.8, 4) is 0 Å². The zero-order chi connectivity index (χ0) is 17.3. The number of rotatable bonds is 4. The molecule has 134 valence electrons. The minimum absolute atomic E-state index is 0.0480. The maximum Gasteiger partial charge on any atom is 0.225 e. The number of nitrogens with zero attached hydrogens (tertiary/aromatic N) is 4. The van der Waals surface area contributed by atoms with Gasteiger partial charge in [0.2, 0.25) is 5.95 Å². The molecule has 2 aromatic rings. The van der Waals surface area contributed by atoms with Crippen molar-refractivity contribution in [1.29, 1.82) is 0 Å². The van der Waals surface area contributed by atoms with E-state index in [2.05, 4.69) is 32.9 Å². The first-order chi connectivity index (χ1) is 12.1. The summed E-state index contributed by atoms with van der Waals surface area (Å²) in [6.45, 7) is 5.66. The molecule has 25 heavy (non-hydrogen) atoms. The molecule has 1 spiro atoms. The van der Waals surface area contributed by atoms with Crippen LogP contribution in [0, 0.1) is 6.92 Å². The summed E-state index contributed by atoms with van der Waals surface area (Å²) in [5, 5.41) is 0. The maximum absolute atomic E-state index is 6.34. The number of piperidine rings is 1. The summed E-state index contributed by atoms with van der Waals surface area (Å²) < 4.78 is 12.1. The van der Waals surface area contributed by atoms with Gasteiger partial charge in [0.05, 0.1) is 24.8 Å². The number of aromatic nitrogens is 2. The molecule has 0 aliphatic carbocycles. The highest BCUT2D eigenvalue weighted by Gasteiger charge is 2.45. The molecule has 2 saturated heterocycles. The van der Waals surface area contributed by atoms with Gasteiger partial charge in [-0.05, 0) is 44.5 Å². The molecule has 0 N–H and O–H groups in total. The molecular weight excluding hydrogens is 316 g/mol. The van der Waals surface area contributed by atoms with Crippen LogP contribution in [0.25, 0.3) is 0 Å². The van der Waals surface area contributed by atoms with Crippen LogP contribution in [-0.4, -0.2) is 53.3 Å². The summed E-state index contributed by atoms with van der Waals surface area (Å²) in [5.41, 5.74) is -0.0480. The second-order valence-corrected chi connectivity index (χ2v) is 7.34. The fourth-order valence-electron chi connectivity index (χ4n) is 4.11. The Hall–Kier alpha value is -1.92. The molecular formula is C19H26N4O2. The van der Waals surface area contributed by atoms with Crippen LogP contribution in [0.1, 0.15) is 30.8 Å². The Morgan fingerprint density at radius 2 is 2.16 bits per heavy atom. The van der Waals surface area contributed by atoms with E-state index in [-0.39, 0.29) is 5.60 Å². The molecule has 0 saturated carbocycles. The highest BCUT2D eigenvalue weighted by Crippen LogP contribution is 2.37. The van der Waals surface area contributed by atoms with E-state index >= 15 is 0 Å². The summed E-state index contributed by atoms with van der Waals surface area (Å²) in [6, 6.07) is 6.29. The van der Waals surface area contributed by atoms with Crippen molar-refractivity contribution in [3.05, 3.63) is 42.1 Å². The first kappa shape index (κ1) is 16.5. The fraction of sp³-hybridized carbons (Fsp3) is 0.579. The SMILES string of the molecule is Cc1ccc(CN2CCC[C@@]3(C[C@H](N(C)c4ncccn4)CO3)C2)o1. The number of ether oxygens (including phenoxy) is 1. The smallest absolute Gasteiger partial charge is 0.225 e. The molecule has 0 bridgehead atoms. The van der Waals surface area contributed by atoms with Gasteiger partial charge in [-0.1, -0.05) is 0 Å². The predicted octanol–water partition coefficient (Wildman–Crippen LogP) is 2.64. The molecule has 0 aromatic carbocycles. The number of likely N-dealkylation sites (N-methyl/N-ethyl adjacent to an activating group) is 1. The van der Waals surface area contributed by atoms with Gasteiger partial charge in [-0.2, -0.15) is 0 Å². The van der Waals surface area contributed by atoms with E-state index < -0.39 is 0 Å². The molecule has 2 aliphatic heterocycles. The number of hydrogen-bond donors (Lipinski definition) is 0. The molecule has 6 nitrogen and oxygen atoms in total. The third kappa shape index (κ3) is 3.55. The van der Waals surface area contributed by atoms with Gasteiger partial charge in [-0.25, -0.2) is 9.97 Å². The number of hydrogen-bond acceptors (Lipinski definition) is 6. The van der Waals surface area contributed by atoms with Gasteiger partial charge >= 0.3 is 0 Å². The van der Waals surface area contributed by atoms with Gasteiger partial charge in [0.15, 0.2) is 0 Å². The van der Waals surface area contributed by atoms with Crippen LogP contribution in [-0.2, 0) is 11.3 Å². The van der Waals surface area contributed by atoms with E-state index in [9.17, 15) is 0 Å². The molecule has 2 fully saturated rings. The lowest BCUT2D eigenvalue weighted by molar-refractivity contribution is -0.0545. The van der Waals surface area contributed by atoms with Crippen LogP contribution in [0.5, 0.6) is 0 Å². The van der Waals surface area contributed by atoms with Gasteiger partial charge in [-0.3, -0.25) is 4.90 Å². The van der Waals surface area contributed by atoms with Gasteiger partial charge in [-0.15, -0.1) is 0 Å². The summed E-state index contributed by atoms with van der Waals surface area (Å²) in [7, 11) is 2.06. The topological polar surface area (TPSA) is 54.6 Å². The van der Waals surface area contributed by atoms with Crippen molar-refractivity contribution < 1.29 is 9.15 Å². The number of aryl methyl sites for hydroxylation is 1. The van der Waals surface area contributed by atoms with Crippen molar-refractivity contribution in [2.24, 2.45) is 0 Å². The predicted molar refractivity (Wildman–Crippen MR) is 95.5 cm³/mol. The Morgan fingerprint density at radius 3 is 2.92 bits per heavy atom. The Balaban J connectivity index is 1.40. The molecule has 2 aliphatic rings. The first-order valence-corrected chi connectivity index (χ1v) is 9.05. The quantitative estimate of drug-likeness (QED) is 0.851. The third-order valence-electron chi connectivity index (χ3n) is 5.40. The monoisotopic (exact) mass is 342 g/mol. The number of likely N-dealkylation sites (tertiary alicyclic amines) is 1. The molecule has 4 rings (SSSR count). The average Bonchev–Trinajstić information content (AvgIpc) is 3.22. The first-order valence-electron chi connectivity index (χ1n) is 9.05. The van der Waals surface area contributed by atoms with Crippen molar-refractivity contribution in [2.45, 2.75) is 44.4 Å². The molecule has 0 amide bonds.